The summed E-state index contributed by atoms with van der Waals surface area (Å²) in [6, 6.07) is 3.21. The summed E-state index contributed by atoms with van der Waals surface area (Å²) < 4.78 is 112. The van der Waals surface area contributed by atoms with Crippen LogP contribution in [0.15, 0.2) is 47.5 Å². The van der Waals surface area contributed by atoms with Crippen molar-refractivity contribution in [2.75, 3.05) is 0 Å². The largest absolute Gasteiger partial charge is 0.416 e. The lowest BCUT2D eigenvalue weighted by Crippen LogP contribution is -2.31. The van der Waals surface area contributed by atoms with E-state index in [2.05, 4.69) is 9.82 Å². The fraction of sp³-hybridized carbons (Fsp3) is 0.375. The van der Waals surface area contributed by atoms with Gasteiger partial charge >= 0.3 is 6.18 Å². The average molecular weight is 532 g/mol. The van der Waals surface area contributed by atoms with Gasteiger partial charge in [-0.15, -0.1) is 0 Å². The maximum absolute atomic E-state index is 14.9. The molecule has 1 aliphatic carbocycles. The average Bonchev–Trinajstić information content (AvgIpc) is 3.51. The van der Waals surface area contributed by atoms with Crippen LogP contribution in [0.4, 0.5) is 26.3 Å². The Hall–Kier alpha value is -2.86. The Bertz CT molecular complexity index is 1390. The molecule has 0 amide bonds. The second kappa shape index (κ2) is 8.91. The number of hydrogen-bond donors (Lipinski definition) is 1. The van der Waals surface area contributed by atoms with E-state index in [0.29, 0.717) is 37.1 Å². The van der Waals surface area contributed by atoms with Crippen LogP contribution in [0.25, 0.3) is 11.3 Å². The van der Waals surface area contributed by atoms with Crippen LogP contribution < -0.4 is 4.72 Å². The molecule has 1 heterocycles. The maximum Gasteiger partial charge on any atom is 0.416 e. The molecule has 0 spiro atoms. The number of hydrogen-bond acceptors (Lipinski definition) is 3. The molecule has 1 aromatic heterocycles. The molecule has 1 atom stereocenters. The Kier molecular flexibility index (Phi) is 6.49. The lowest BCUT2D eigenvalue weighted by Gasteiger charge is -2.25. The lowest BCUT2D eigenvalue weighted by atomic mass is 9.97. The molecule has 0 aliphatic heterocycles. The highest BCUT2D eigenvalue weighted by atomic mass is 32.2. The lowest BCUT2D eigenvalue weighted by molar-refractivity contribution is -0.137. The second-order valence-electron chi connectivity index (χ2n) is 9.74. The van der Waals surface area contributed by atoms with Gasteiger partial charge in [-0.2, -0.15) is 18.3 Å². The first-order valence-corrected chi connectivity index (χ1v) is 12.5. The molecule has 5 nitrogen and oxygen atoms in total. The minimum Gasteiger partial charge on any atom is -0.259 e. The van der Waals surface area contributed by atoms with Gasteiger partial charge in [-0.05, 0) is 69.9 Å². The van der Waals surface area contributed by atoms with Crippen LogP contribution in [-0.4, -0.2) is 18.2 Å². The molecule has 1 saturated carbocycles. The van der Waals surface area contributed by atoms with Crippen molar-refractivity contribution < 1.29 is 34.8 Å². The van der Waals surface area contributed by atoms with Crippen molar-refractivity contribution in [1.82, 2.24) is 14.5 Å². The minimum absolute atomic E-state index is 0.0749. The topological polar surface area (TPSA) is 64.0 Å². The van der Waals surface area contributed by atoms with E-state index < -0.39 is 50.8 Å². The van der Waals surface area contributed by atoms with E-state index in [9.17, 15) is 34.8 Å². The van der Waals surface area contributed by atoms with Gasteiger partial charge in [0.1, 0.15) is 5.82 Å². The Balaban J connectivity index is 1.81. The van der Waals surface area contributed by atoms with Crippen LogP contribution in [0.1, 0.15) is 50.8 Å². The highest BCUT2D eigenvalue weighted by Crippen LogP contribution is 2.46. The van der Waals surface area contributed by atoms with Gasteiger partial charge < -0.3 is 0 Å². The maximum atomic E-state index is 14.9. The minimum atomic E-state index is -4.63. The van der Waals surface area contributed by atoms with Crippen molar-refractivity contribution in [3.05, 3.63) is 71.2 Å². The van der Waals surface area contributed by atoms with Crippen LogP contribution in [0.3, 0.4) is 0 Å². The molecule has 1 aliphatic rings. The Morgan fingerprint density at radius 2 is 1.56 bits per heavy atom. The Morgan fingerprint density at radius 3 is 2.08 bits per heavy atom. The molecular formula is C24H23F6N3O2S. The highest BCUT2D eigenvalue weighted by molar-refractivity contribution is 7.89. The quantitative estimate of drug-likeness (QED) is 0.306. The van der Waals surface area contributed by atoms with Gasteiger partial charge in [0.15, 0.2) is 11.6 Å². The number of aromatic nitrogens is 2. The van der Waals surface area contributed by atoms with E-state index in [-0.39, 0.29) is 27.6 Å². The van der Waals surface area contributed by atoms with Gasteiger partial charge in [0.2, 0.25) is 10.0 Å². The molecule has 36 heavy (non-hydrogen) atoms. The van der Waals surface area contributed by atoms with Crippen LogP contribution >= 0.6 is 0 Å². The monoisotopic (exact) mass is 531 g/mol. The van der Waals surface area contributed by atoms with Crippen molar-refractivity contribution >= 4 is 10.0 Å². The van der Waals surface area contributed by atoms with Gasteiger partial charge in [0.05, 0.1) is 33.9 Å². The summed E-state index contributed by atoms with van der Waals surface area (Å²) in [5.41, 5.74) is -1.72. The number of nitrogens with one attached hydrogen (secondary N) is 1. The van der Waals surface area contributed by atoms with Crippen molar-refractivity contribution in [2.24, 2.45) is 5.92 Å². The highest BCUT2D eigenvalue weighted by Gasteiger charge is 2.40. The van der Waals surface area contributed by atoms with Crippen molar-refractivity contribution in [3.63, 3.8) is 0 Å². The smallest absolute Gasteiger partial charge is 0.259 e. The number of sulfonamides is 1. The standard InChI is InChI=1S/C24H23F6N3O2S/c1-23(2,3)33-22(16-10-19(26)20(27)11-18(16)25)17(12-31-33)21(13-4-5-13)32-36(34,35)15-8-6-14(7-9-15)24(28,29)30/h6-13,21,32H,4-5H2,1-3H3/t21-/m1/s1. The van der Waals surface area contributed by atoms with E-state index in [1.807, 2.05) is 0 Å². The fourth-order valence-corrected chi connectivity index (χ4v) is 5.26. The first-order chi connectivity index (χ1) is 16.6. The number of nitrogens with zero attached hydrogens (tertiary/aromatic N) is 2. The van der Waals surface area contributed by atoms with E-state index in [4.69, 9.17) is 0 Å². The summed E-state index contributed by atoms with van der Waals surface area (Å²) in [6.07, 6.45) is -2.03. The van der Waals surface area contributed by atoms with Crippen LogP contribution in [0.5, 0.6) is 0 Å². The van der Waals surface area contributed by atoms with Crippen LogP contribution in [0, 0.1) is 23.4 Å². The normalized spacial score (nSPS) is 15.8. The summed E-state index contributed by atoms with van der Waals surface area (Å²) in [6.45, 7) is 5.26. The molecule has 1 fully saturated rings. The first-order valence-electron chi connectivity index (χ1n) is 11.0. The molecule has 194 valence electrons. The summed E-state index contributed by atoms with van der Waals surface area (Å²) in [5, 5.41) is 4.30. The molecular weight excluding hydrogens is 508 g/mol. The number of halogens is 6. The Morgan fingerprint density at radius 1 is 0.972 bits per heavy atom. The third kappa shape index (κ3) is 5.15. The third-order valence-electron chi connectivity index (χ3n) is 5.90. The molecule has 0 unspecified atom stereocenters. The van der Waals surface area contributed by atoms with Gasteiger partial charge in [0, 0.05) is 17.2 Å². The predicted molar refractivity (Wildman–Crippen MR) is 120 cm³/mol. The van der Waals surface area contributed by atoms with E-state index in [0.717, 1.165) is 12.1 Å². The van der Waals surface area contributed by atoms with Gasteiger partial charge in [-0.1, -0.05) is 0 Å². The summed E-state index contributed by atoms with van der Waals surface area (Å²) >= 11 is 0. The predicted octanol–water partition coefficient (Wildman–Crippen LogP) is 6.17. The summed E-state index contributed by atoms with van der Waals surface area (Å²) in [5.74, 6) is -3.92. The van der Waals surface area contributed by atoms with Gasteiger partial charge in [0.25, 0.3) is 0 Å². The third-order valence-corrected chi connectivity index (χ3v) is 7.36. The fourth-order valence-electron chi connectivity index (χ4n) is 3.97. The molecule has 4 rings (SSSR count). The molecule has 1 N–H and O–H groups in total. The zero-order chi connectivity index (χ0) is 26.6. The molecule has 3 aromatic rings. The van der Waals surface area contributed by atoms with Gasteiger partial charge in [-0.25, -0.2) is 26.3 Å². The Labute approximate surface area is 204 Å². The molecule has 2 aromatic carbocycles. The van der Waals surface area contributed by atoms with E-state index in [1.54, 1.807) is 20.8 Å². The van der Waals surface area contributed by atoms with Crippen molar-refractivity contribution in [1.29, 1.82) is 0 Å². The molecule has 0 radical (unpaired) electrons. The van der Waals surface area contributed by atoms with Crippen molar-refractivity contribution in [3.8, 4) is 11.3 Å². The number of alkyl halides is 3. The molecule has 12 heteroatoms. The van der Waals surface area contributed by atoms with E-state index in [1.165, 1.54) is 10.9 Å². The van der Waals surface area contributed by atoms with Gasteiger partial charge in [-0.3, -0.25) is 4.68 Å². The van der Waals surface area contributed by atoms with E-state index >= 15 is 0 Å². The van der Waals surface area contributed by atoms with Crippen molar-refractivity contribution in [2.45, 2.75) is 56.3 Å². The second-order valence-corrected chi connectivity index (χ2v) is 11.4. The number of rotatable bonds is 6. The molecule has 0 saturated heterocycles. The first kappa shape index (κ1) is 26.2. The van der Waals surface area contributed by atoms with Crippen LogP contribution in [-0.2, 0) is 21.7 Å². The summed E-state index contributed by atoms with van der Waals surface area (Å²) in [7, 11) is -4.31. The SMILES string of the molecule is CC(C)(C)n1ncc([C@H](NS(=O)(=O)c2ccc(C(F)(F)F)cc2)C2CC2)c1-c1cc(F)c(F)cc1F. The zero-order valence-corrected chi connectivity index (χ0v) is 20.3. The number of benzene rings is 2. The zero-order valence-electron chi connectivity index (χ0n) is 19.5. The molecule has 0 bridgehead atoms. The van der Waals surface area contributed by atoms with Crippen LogP contribution in [0.2, 0.25) is 0 Å². The summed E-state index contributed by atoms with van der Waals surface area (Å²) in [4.78, 5) is -0.384.